The molecule has 1 nitrogen and oxygen atoms in total. The van der Waals surface area contributed by atoms with E-state index < -0.39 is 0 Å². The van der Waals surface area contributed by atoms with Gasteiger partial charge in [0.2, 0.25) is 0 Å². The molecular formula is C17H35N. The predicted octanol–water partition coefficient (Wildman–Crippen LogP) is 4.72. The molecule has 0 amide bonds. The van der Waals surface area contributed by atoms with Crippen molar-refractivity contribution in [3.63, 3.8) is 0 Å². The van der Waals surface area contributed by atoms with E-state index in [0.717, 1.165) is 29.7 Å². The van der Waals surface area contributed by atoms with Crippen molar-refractivity contribution in [3.8, 4) is 0 Å². The molecule has 0 aromatic carbocycles. The third kappa shape index (κ3) is 4.91. The Balaban J connectivity index is 2.47. The summed E-state index contributed by atoms with van der Waals surface area (Å²) in [6.45, 7) is 17.9. The van der Waals surface area contributed by atoms with Gasteiger partial charge in [-0.1, -0.05) is 48.5 Å². The second-order valence-electron chi connectivity index (χ2n) is 8.17. The quantitative estimate of drug-likeness (QED) is 0.747. The van der Waals surface area contributed by atoms with Gasteiger partial charge in [0, 0.05) is 6.04 Å². The third-order valence-corrected chi connectivity index (χ3v) is 4.74. The molecule has 0 aromatic heterocycles. The second-order valence-corrected chi connectivity index (χ2v) is 8.17. The highest BCUT2D eigenvalue weighted by atomic mass is 14.9. The zero-order valence-corrected chi connectivity index (χ0v) is 13.7. The molecule has 108 valence electrons. The minimum absolute atomic E-state index is 0.528. The average molecular weight is 253 g/mol. The zero-order valence-electron chi connectivity index (χ0n) is 13.7. The number of hydrogen-bond donors (Lipinski definition) is 1. The van der Waals surface area contributed by atoms with Crippen molar-refractivity contribution in [2.24, 2.45) is 29.1 Å². The van der Waals surface area contributed by atoms with Crippen LogP contribution in [0.2, 0.25) is 0 Å². The van der Waals surface area contributed by atoms with E-state index >= 15 is 0 Å². The van der Waals surface area contributed by atoms with E-state index in [-0.39, 0.29) is 0 Å². The van der Waals surface area contributed by atoms with E-state index in [4.69, 9.17) is 0 Å². The van der Waals surface area contributed by atoms with Crippen LogP contribution < -0.4 is 5.32 Å². The van der Waals surface area contributed by atoms with Crippen LogP contribution in [0.4, 0.5) is 0 Å². The maximum absolute atomic E-state index is 3.87. The van der Waals surface area contributed by atoms with Crippen molar-refractivity contribution in [1.29, 1.82) is 0 Å². The summed E-state index contributed by atoms with van der Waals surface area (Å²) in [5.41, 5.74) is 0.528. The highest BCUT2D eigenvalue weighted by molar-refractivity contribution is 4.87. The summed E-state index contributed by atoms with van der Waals surface area (Å²) in [6, 6.07) is 0.740. The molecule has 1 rings (SSSR count). The van der Waals surface area contributed by atoms with Crippen molar-refractivity contribution >= 4 is 0 Å². The molecule has 18 heavy (non-hydrogen) atoms. The van der Waals surface area contributed by atoms with Gasteiger partial charge in [-0.15, -0.1) is 0 Å². The van der Waals surface area contributed by atoms with Crippen molar-refractivity contribution in [2.45, 2.75) is 73.8 Å². The van der Waals surface area contributed by atoms with Gasteiger partial charge in [0.15, 0.2) is 0 Å². The molecule has 1 saturated carbocycles. The lowest BCUT2D eigenvalue weighted by Crippen LogP contribution is -2.43. The molecule has 0 spiro atoms. The minimum atomic E-state index is 0.528. The van der Waals surface area contributed by atoms with Gasteiger partial charge in [-0.2, -0.15) is 0 Å². The second kappa shape index (κ2) is 6.41. The molecule has 0 aromatic rings. The first kappa shape index (κ1) is 16.0. The highest BCUT2D eigenvalue weighted by Crippen LogP contribution is 2.38. The highest BCUT2D eigenvalue weighted by Gasteiger charge is 2.32. The van der Waals surface area contributed by atoms with Crippen molar-refractivity contribution < 1.29 is 0 Å². The van der Waals surface area contributed by atoms with Crippen LogP contribution in [0.15, 0.2) is 0 Å². The van der Waals surface area contributed by atoms with Gasteiger partial charge in [-0.3, -0.25) is 0 Å². The average Bonchev–Trinajstić information content (AvgIpc) is 2.12. The van der Waals surface area contributed by atoms with Crippen LogP contribution in [-0.4, -0.2) is 12.6 Å². The first-order chi connectivity index (χ1) is 8.21. The summed E-state index contributed by atoms with van der Waals surface area (Å²) in [4.78, 5) is 0. The van der Waals surface area contributed by atoms with Crippen LogP contribution in [0.25, 0.3) is 0 Å². The molecule has 1 heteroatoms. The SMILES string of the molecule is CC1CC(NCC(C(C)C)C(C)C)CC(C)(C)C1. The fourth-order valence-corrected chi connectivity index (χ4v) is 4.05. The normalized spacial score (nSPS) is 28.3. The summed E-state index contributed by atoms with van der Waals surface area (Å²) in [5.74, 6) is 3.26. The standard InChI is InChI=1S/C17H35N/c1-12(2)16(13(3)4)11-18-15-8-14(5)9-17(6,7)10-15/h12-16,18H,8-11H2,1-7H3. The van der Waals surface area contributed by atoms with Crippen LogP contribution in [0, 0.1) is 29.1 Å². The van der Waals surface area contributed by atoms with Crippen molar-refractivity contribution in [2.75, 3.05) is 6.54 Å². The van der Waals surface area contributed by atoms with Crippen LogP contribution in [0.5, 0.6) is 0 Å². The van der Waals surface area contributed by atoms with Gasteiger partial charge in [0.05, 0.1) is 0 Å². The molecule has 1 aliphatic rings. The largest absolute Gasteiger partial charge is 0.314 e. The molecule has 0 bridgehead atoms. The van der Waals surface area contributed by atoms with Crippen molar-refractivity contribution in [1.82, 2.24) is 5.32 Å². The lowest BCUT2D eigenvalue weighted by Gasteiger charge is -2.40. The maximum atomic E-state index is 3.87. The molecule has 0 heterocycles. The summed E-state index contributed by atoms with van der Waals surface area (Å²) < 4.78 is 0. The number of nitrogens with one attached hydrogen (secondary N) is 1. The lowest BCUT2D eigenvalue weighted by atomic mass is 9.70. The molecule has 0 radical (unpaired) electrons. The molecular weight excluding hydrogens is 218 g/mol. The Morgan fingerprint density at radius 1 is 1.06 bits per heavy atom. The molecule has 1 N–H and O–H groups in total. The van der Waals surface area contributed by atoms with Gasteiger partial charge in [0.1, 0.15) is 0 Å². The summed E-state index contributed by atoms with van der Waals surface area (Å²) in [5, 5.41) is 3.87. The first-order valence-electron chi connectivity index (χ1n) is 7.94. The number of hydrogen-bond acceptors (Lipinski definition) is 1. The Labute approximate surface area is 115 Å². The Hall–Kier alpha value is -0.0400. The van der Waals surface area contributed by atoms with Crippen LogP contribution in [0.3, 0.4) is 0 Å². The molecule has 2 atom stereocenters. The molecule has 0 aliphatic heterocycles. The smallest absolute Gasteiger partial charge is 0.00748 e. The topological polar surface area (TPSA) is 12.0 Å². The fraction of sp³-hybridized carbons (Fsp3) is 1.00. The third-order valence-electron chi connectivity index (χ3n) is 4.74. The first-order valence-corrected chi connectivity index (χ1v) is 7.94. The summed E-state index contributed by atoms with van der Waals surface area (Å²) in [6.07, 6.45) is 4.11. The maximum Gasteiger partial charge on any atom is 0.00748 e. The van der Waals surface area contributed by atoms with E-state index in [9.17, 15) is 0 Å². The van der Waals surface area contributed by atoms with Crippen LogP contribution in [-0.2, 0) is 0 Å². The van der Waals surface area contributed by atoms with E-state index in [1.165, 1.54) is 25.8 Å². The molecule has 1 fully saturated rings. The Morgan fingerprint density at radius 3 is 2.06 bits per heavy atom. The van der Waals surface area contributed by atoms with Gasteiger partial charge in [-0.05, 0) is 54.9 Å². The van der Waals surface area contributed by atoms with E-state index in [2.05, 4.69) is 53.8 Å². The lowest BCUT2D eigenvalue weighted by molar-refractivity contribution is 0.142. The Bertz CT molecular complexity index is 234. The molecule has 0 saturated heterocycles. The fourth-order valence-electron chi connectivity index (χ4n) is 4.05. The zero-order chi connectivity index (χ0) is 13.9. The Kier molecular flexibility index (Phi) is 5.70. The van der Waals surface area contributed by atoms with Crippen molar-refractivity contribution in [3.05, 3.63) is 0 Å². The number of rotatable bonds is 5. The van der Waals surface area contributed by atoms with E-state index in [0.29, 0.717) is 5.41 Å². The van der Waals surface area contributed by atoms with E-state index in [1.54, 1.807) is 0 Å². The molecule has 1 aliphatic carbocycles. The Morgan fingerprint density at radius 2 is 1.61 bits per heavy atom. The van der Waals surface area contributed by atoms with Gasteiger partial charge in [-0.25, -0.2) is 0 Å². The van der Waals surface area contributed by atoms with Crippen LogP contribution >= 0.6 is 0 Å². The predicted molar refractivity (Wildman–Crippen MR) is 81.8 cm³/mol. The van der Waals surface area contributed by atoms with Gasteiger partial charge < -0.3 is 5.32 Å². The van der Waals surface area contributed by atoms with Gasteiger partial charge >= 0.3 is 0 Å². The van der Waals surface area contributed by atoms with E-state index in [1.807, 2.05) is 0 Å². The van der Waals surface area contributed by atoms with Gasteiger partial charge in [0.25, 0.3) is 0 Å². The van der Waals surface area contributed by atoms with Crippen LogP contribution in [0.1, 0.15) is 67.7 Å². The summed E-state index contributed by atoms with van der Waals surface area (Å²) >= 11 is 0. The minimum Gasteiger partial charge on any atom is -0.314 e. The monoisotopic (exact) mass is 253 g/mol. The molecule has 2 unspecified atom stereocenters. The summed E-state index contributed by atoms with van der Waals surface area (Å²) in [7, 11) is 0.